The van der Waals surface area contributed by atoms with Gasteiger partial charge in [-0.3, -0.25) is 0 Å². The van der Waals surface area contributed by atoms with Gasteiger partial charge in [0.2, 0.25) is 5.95 Å². The van der Waals surface area contributed by atoms with E-state index in [1.54, 1.807) is 20.8 Å². The first-order valence-electron chi connectivity index (χ1n) is 9.09. The predicted octanol–water partition coefficient (Wildman–Crippen LogP) is 3.63. The number of nitrogens with one attached hydrogen (secondary N) is 2. The number of halogens is 3. The van der Waals surface area contributed by atoms with E-state index in [0.29, 0.717) is 0 Å². The Labute approximate surface area is 167 Å². The summed E-state index contributed by atoms with van der Waals surface area (Å²) < 4.78 is 49.8. The minimum absolute atomic E-state index is 0.0664. The molecule has 29 heavy (non-hydrogen) atoms. The lowest BCUT2D eigenvalue weighted by Crippen LogP contribution is -2.42. The molecule has 0 aliphatic rings. The molecule has 0 aliphatic carbocycles. The number of carbonyl (C=O) groups excluding carboxylic acids is 2. The maximum Gasteiger partial charge on any atom is 0.434 e. The third-order valence-corrected chi connectivity index (χ3v) is 3.54. The van der Waals surface area contributed by atoms with Crippen molar-refractivity contribution in [3.8, 4) is 0 Å². The number of amides is 1. The van der Waals surface area contributed by atoms with E-state index < -0.39 is 41.1 Å². The molecule has 1 heterocycles. The van der Waals surface area contributed by atoms with Gasteiger partial charge in [0.15, 0.2) is 5.69 Å². The fourth-order valence-corrected chi connectivity index (χ4v) is 2.15. The topological polar surface area (TPSA) is 102 Å². The van der Waals surface area contributed by atoms with Crippen LogP contribution in [0.4, 0.5) is 23.9 Å². The molecule has 11 heteroatoms. The van der Waals surface area contributed by atoms with E-state index in [-0.39, 0.29) is 25.0 Å². The van der Waals surface area contributed by atoms with Gasteiger partial charge in [0.1, 0.15) is 11.2 Å². The molecular formula is C18H27F3N4O4. The second-order valence-corrected chi connectivity index (χ2v) is 7.55. The minimum atomic E-state index is -4.87. The van der Waals surface area contributed by atoms with Gasteiger partial charge in [-0.05, 0) is 33.6 Å². The quantitative estimate of drug-likeness (QED) is 0.650. The first-order chi connectivity index (χ1) is 13.2. The van der Waals surface area contributed by atoms with Crippen LogP contribution in [0.25, 0.3) is 0 Å². The van der Waals surface area contributed by atoms with Crippen molar-refractivity contribution in [1.82, 2.24) is 15.3 Å². The van der Waals surface area contributed by atoms with Gasteiger partial charge in [0.25, 0.3) is 0 Å². The average Bonchev–Trinajstić information content (AvgIpc) is 2.56. The highest BCUT2D eigenvalue weighted by atomic mass is 19.4. The van der Waals surface area contributed by atoms with Crippen molar-refractivity contribution in [2.75, 3.05) is 18.5 Å². The smallest absolute Gasteiger partial charge is 0.434 e. The summed E-state index contributed by atoms with van der Waals surface area (Å²) in [7, 11) is 0. The number of esters is 1. The van der Waals surface area contributed by atoms with Gasteiger partial charge in [-0.1, -0.05) is 13.8 Å². The van der Waals surface area contributed by atoms with Crippen LogP contribution in [0.2, 0.25) is 0 Å². The highest BCUT2D eigenvalue weighted by Gasteiger charge is 2.38. The van der Waals surface area contributed by atoms with Gasteiger partial charge < -0.3 is 20.1 Å². The predicted molar refractivity (Wildman–Crippen MR) is 99.5 cm³/mol. The van der Waals surface area contributed by atoms with Crippen LogP contribution in [-0.4, -0.2) is 46.8 Å². The van der Waals surface area contributed by atoms with Crippen LogP contribution in [-0.2, 0) is 15.7 Å². The molecule has 1 aromatic rings. The number of aromatic nitrogens is 2. The lowest BCUT2D eigenvalue weighted by atomic mass is 10.0. The largest absolute Gasteiger partial charge is 0.462 e. The number of rotatable bonds is 7. The van der Waals surface area contributed by atoms with E-state index in [9.17, 15) is 22.8 Å². The van der Waals surface area contributed by atoms with Crippen molar-refractivity contribution in [3.05, 3.63) is 17.5 Å². The van der Waals surface area contributed by atoms with Gasteiger partial charge in [-0.2, -0.15) is 13.2 Å². The Morgan fingerprint density at radius 1 is 1.21 bits per heavy atom. The number of hydrogen-bond acceptors (Lipinski definition) is 7. The molecule has 1 aromatic heterocycles. The van der Waals surface area contributed by atoms with Crippen LogP contribution in [0.1, 0.15) is 57.6 Å². The molecule has 0 aromatic carbocycles. The summed E-state index contributed by atoms with van der Waals surface area (Å²) >= 11 is 0. The number of alkyl halides is 3. The summed E-state index contributed by atoms with van der Waals surface area (Å²) in [5.74, 6) is -1.57. The summed E-state index contributed by atoms with van der Waals surface area (Å²) in [5, 5.41) is 5.32. The summed E-state index contributed by atoms with van der Waals surface area (Å²) in [6.07, 6.45) is -4.75. The monoisotopic (exact) mass is 420 g/mol. The molecule has 164 valence electrons. The van der Waals surface area contributed by atoms with Crippen molar-refractivity contribution in [1.29, 1.82) is 0 Å². The Morgan fingerprint density at radius 3 is 2.31 bits per heavy atom. The lowest BCUT2D eigenvalue weighted by Gasteiger charge is -2.25. The SMILES string of the molecule is CCOC(=O)c1cnc(N[C@@H](CNC(=O)OC(C)(C)C)C(C)C)nc1C(F)(F)F. The molecule has 0 unspecified atom stereocenters. The van der Waals surface area contributed by atoms with Crippen LogP contribution >= 0.6 is 0 Å². The highest BCUT2D eigenvalue weighted by molar-refractivity contribution is 5.90. The third kappa shape index (κ3) is 8.12. The summed E-state index contributed by atoms with van der Waals surface area (Å²) in [5.41, 5.74) is -2.84. The highest BCUT2D eigenvalue weighted by Crippen LogP contribution is 2.31. The maximum atomic E-state index is 13.3. The van der Waals surface area contributed by atoms with Gasteiger partial charge in [0, 0.05) is 18.8 Å². The van der Waals surface area contributed by atoms with Crippen molar-refractivity contribution in [2.24, 2.45) is 5.92 Å². The molecule has 1 atom stereocenters. The molecular weight excluding hydrogens is 393 g/mol. The molecule has 0 spiro atoms. The number of carbonyl (C=O) groups is 2. The Kier molecular flexibility index (Phi) is 8.22. The van der Waals surface area contributed by atoms with Gasteiger partial charge in [-0.15, -0.1) is 0 Å². The Bertz CT molecular complexity index is 718. The summed E-state index contributed by atoms with van der Waals surface area (Å²) in [6, 6.07) is -0.489. The zero-order valence-corrected chi connectivity index (χ0v) is 17.3. The normalized spacial score (nSPS) is 13.0. The second kappa shape index (κ2) is 9.75. The van der Waals surface area contributed by atoms with Crippen LogP contribution < -0.4 is 10.6 Å². The van der Waals surface area contributed by atoms with E-state index in [4.69, 9.17) is 4.74 Å². The summed E-state index contributed by atoms with van der Waals surface area (Å²) in [6.45, 7) is 10.2. The van der Waals surface area contributed by atoms with Crippen molar-refractivity contribution >= 4 is 18.0 Å². The fraction of sp³-hybridized carbons (Fsp3) is 0.667. The molecule has 0 saturated heterocycles. The molecule has 0 radical (unpaired) electrons. The average molecular weight is 420 g/mol. The van der Waals surface area contributed by atoms with Crippen molar-refractivity contribution in [3.63, 3.8) is 0 Å². The molecule has 0 aliphatic heterocycles. The number of alkyl carbamates (subject to hydrolysis) is 1. The van der Waals surface area contributed by atoms with Crippen LogP contribution in [0.15, 0.2) is 6.20 Å². The van der Waals surface area contributed by atoms with Gasteiger partial charge in [0.05, 0.1) is 6.61 Å². The first-order valence-corrected chi connectivity index (χ1v) is 9.09. The number of anilines is 1. The van der Waals surface area contributed by atoms with Crippen LogP contribution in [0.3, 0.4) is 0 Å². The number of nitrogens with zero attached hydrogens (tertiary/aromatic N) is 2. The molecule has 0 bridgehead atoms. The lowest BCUT2D eigenvalue weighted by molar-refractivity contribution is -0.141. The zero-order chi connectivity index (χ0) is 22.4. The molecule has 0 saturated carbocycles. The zero-order valence-electron chi connectivity index (χ0n) is 17.3. The van der Waals surface area contributed by atoms with Gasteiger partial charge in [-0.25, -0.2) is 19.6 Å². The standard InChI is InChI=1S/C18H27F3N4O4/c1-7-28-14(26)11-8-22-15(25-13(11)18(19,20)21)24-12(10(2)3)9-23-16(27)29-17(4,5)6/h8,10,12H,7,9H2,1-6H3,(H,23,27)(H,22,24,25)/t12-/m0/s1. The van der Waals surface area contributed by atoms with E-state index in [2.05, 4.69) is 25.3 Å². The van der Waals surface area contributed by atoms with E-state index in [0.717, 1.165) is 6.20 Å². The second-order valence-electron chi connectivity index (χ2n) is 7.55. The van der Waals surface area contributed by atoms with E-state index in [1.807, 2.05) is 13.8 Å². The van der Waals surface area contributed by atoms with Crippen LogP contribution in [0.5, 0.6) is 0 Å². The van der Waals surface area contributed by atoms with E-state index in [1.165, 1.54) is 6.92 Å². The first kappa shape index (κ1) is 24.4. The van der Waals surface area contributed by atoms with E-state index >= 15 is 0 Å². The molecule has 1 amide bonds. The molecule has 1 rings (SSSR count). The Morgan fingerprint density at radius 2 is 1.83 bits per heavy atom. The van der Waals surface area contributed by atoms with Gasteiger partial charge >= 0.3 is 18.2 Å². The number of hydrogen-bond donors (Lipinski definition) is 2. The summed E-state index contributed by atoms with van der Waals surface area (Å²) in [4.78, 5) is 30.8. The minimum Gasteiger partial charge on any atom is -0.462 e. The molecule has 8 nitrogen and oxygen atoms in total. The van der Waals surface area contributed by atoms with Crippen molar-refractivity contribution in [2.45, 2.75) is 59.4 Å². The molecule has 0 fully saturated rings. The Hall–Kier alpha value is -2.59. The third-order valence-electron chi connectivity index (χ3n) is 3.54. The maximum absolute atomic E-state index is 13.3. The van der Waals surface area contributed by atoms with Crippen molar-refractivity contribution < 1.29 is 32.2 Å². The van der Waals surface area contributed by atoms with Crippen LogP contribution in [0, 0.1) is 5.92 Å². The molecule has 2 N–H and O–H groups in total. The fourth-order valence-electron chi connectivity index (χ4n) is 2.15. The Balaban J connectivity index is 3.00. The number of ether oxygens (including phenoxy) is 2.